The molecule has 214 valence electrons. The first-order valence-electron chi connectivity index (χ1n) is 13.1. The van der Waals surface area contributed by atoms with Gasteiger partial charge < -0.3 is 10.3 Å². The lowest BCUT2D eigenvalue weighted by molar-refractivity contribution is 0.600. The Morgan fingerprint density at radius 1 is 0.976 bits per heavy atom. The summed E-state index contributed by atoms with van der Waals surface area (Å²) in [7, 11) is -3.22. The first-order chi connectivity index (χ1) is 20.1. The highest BCUT2D eigenvalue weighted by Crippen LogP contribution is 2.35. The zero-order chi connectivity index (χ0) is 29.6. The van der Waals surface area contributed by atoms with E-state index in [-0.39, 0.29) is 46.3 Å². The Morgan fingerprint density at radius 3 is 2.60 bits per heavy atom. The summed E-state index contributed by atoms with van der Waals surface area (Å²) >= 11 is 0. The Balaban J connectivity index is 1.43. The summed E-state index contributed by atoms with van der Waals surface area (Å²) in [6, 6.07) is 8.10. The van der Waals surface area contributed by atoms with Crippen molar-refractivity contribution in [2.45, 2.75) is 26.3 Å². The number of pyridine rings is 3. The lowest BCUT2D eigenvalue weighted by Crippen LogP contribution is -2.09. The van der Waals surface area contributed by atoms with Crippen LogP contribution in [0.15, 0.2) is 55.1 Å². The monoisotopic (exact) mass is 588 g/mol. The van der Waals surface area contributed by atoms with Crippen LogP contribution in [0.3, 0.4) is 0 Å². The third-order valence-electron chi connectivity index (χ3n) is 6.68. The fourth-order valence-electron chi connectivity index (χ4n) is 4.85. The first-order valence-corrected chi connectivity index (χ1v) is 15.2. The third-order valence-corrected chi connectivity index (χ3v) is 7.63. The van der Waals surface area contributed by atoms with Crippen molar-refractivity contribution in [2.24, 2.45) is 0 Å². The molecule has 0 fully saturated rings. The summed E-state index contributed by atoms with van der Waals surface area (Å²) in [6.45, 7) is 4.00. The quantitative estimate of drug-likeness (QED) is 0.217. The van der Waals surface area contributed by atoms with Crippen LogP contribution in [0.2, 0.25) is 0 Å². The van der Waals surface area contributed by atoms with E-state index >= 15 is 4.39 Å². The van der Waals surface area contributed by atoms with Gasteiger partial charge in [0.1, 0.15) is 27.2 Å². The molecule has 0 amide bonds. The molecular weight excluding hydrogens is 562 g/mol. The molecular formula is C29H26F2N8O2S. The molecule has 42 heavy (non-hydrogen) atoms. The number of H-pyrrole nitrogens is 2. The maximum Gasteiger partial charge on any atom is 0.184 e. The van der Waals surface area contributed by atoms with Crippen LogP contribution in [0.25, 0.3) is 56.0 Å². The number of sulfone groups is 1. The lowest BCUT2D eigenvalue weighted by Gasteiger charge is -2.11. The Bertz CT molecular complexity index is 2070. The van der Waals surface area contributed by atoms with Crippen LogP contribution in [-0.4, -0.2) is 61.6 Å². The number of nitrogens with one attached hydrogen (secondary N) is 3. The summed E-state index contributed by atoms with van der Waals surface area (Å²) < 4.78 is 54.0. The topological polar surface area (TPSA) is 142 Å². The van der Waals surface area contributed by atoms with Crippen LogP contribution in [0.5, 0.6) is 0 Å². The van der Waals surface area contributed by atoms with Crippen molar-refractivity contribution < 1.29 is 17.2 Å². The van der Waals surface area contributed by atoms with E-state index in [4.69, 9.17) is 0 Å². The van der Waals surface area contributed by atoms with Crippen LogP contribution in [0, 0.1) is 11.6 Å². The van der Waals surface area contributed by atoms with Crippen molar-refractivity contribution in [1.29, 1.82) is 0 Å². The number of hydrogen-bond donors (Lipinski definition) is 3. The largest absolute Gasteiger partial charge is 0.382 e. The van der Waals surface area contributed by atoms with E-state index in [0.29, 0.717) is 33.4 Å². The van der Waals surface area contributed by atoms with E-state index < -0.39 is 21.5 Å². The van der Waals surface area contributed by atoms with Crippen molar-refractivity contribution in [3.63, 3.8) is 0 Å². The Kier molecular flexibility index (Phi) is 6.89. The molecule has 0 spiro atoms. The molecule has 5 heterocycles. The van der Waals surface area contributed by atoms with Gasteiger partial charge in [0.25, 0.3) is 0 Å². The molecule has 5 aromatic heterocycles. The second-order valence-corrected chi connectivity index (χ2v) is 12.7. The maximum atomic E-state index is 16.1. The second-order valence-electron chi connectivity index (χ2n) is 10.4. The summed E-state index contributed by atoms with van der Waals surface area (Å²) in [5.41, 5.74) is 4.49. The molecule has 0 bridgehead atoms. The van der Waals surface area contributed by atoms with Gasteiger partial charge in [0.05, 0.1) is 22.3 Å². The van der Waals surface area contributed by atoms with Gasteiger partial charge >= 0.3 is 0 Å². The van der Waals surface area contributed by atoms with Gasteiger partial charge in [-0.15, -0.1) is 0 Å². The summed E-state index contributed by atoms with van der Waals surface area (Å²) in [6.07, 6.45) is 7.51. The fourth-order valence-corrected chi connectivity index (χ4v) is 5.45. The van der Waals surface area contributed by atoms with Crippen LogP contribution < -0.4 is 5.32 Å². The number of aryl methyl sites for hydroxylation is 1. The highest BCUT2D eigenvalue weighted by Gasteiger charge is 2.21. The summed E-state index contributed by atoms with van der Waals surface area (Å²) in [5.74, 6) is -0.865. The van der Waals surface area contributed by atoms with Gasteiger partial charge in [0, 0.05) is 53.8 Å². The van der Waals surface area contributed by atoms with Gasteiger partial charge in [-0.05, 0) is 55.7 Å². The second kappa shape index (κ2) is 10.6. The number of imidazole rings is 1. The molecule has 6 aromatic rings. The smallest absolute Gasteiger partial charge is 0.184 e. The SMILES string of the molecule is CC(C)Nc1cncc(-c2cnc3n[nH]c(-c4nc5nccc(-c6cc(F)cc(CCS(C)(=O)=O)c6)c5[nH]4)c3c2F)c1. The van der Waals surface area contributed by atoms with E-state index in [1.807, 2.05) is 13.8 Å². The van der Waals surface area contributed by atoms with E-state index in [1.54, 1.807) is 36.8 Å². The van der Waals surface area contributed by atoms with Gasteiger partial charge in [-0.3, -0.25) is 10.1 Å². The minimum Gasteiger partial charge on any atom is -0.382 e. The molecule has 0 aliphatic rings. The molecule has 0 atom stereocenters. The zero-order valence-corrected chi connectivity index (χ0v) is 23.7. The molecule has 0 radical (unpaired) electrons. The minimum absolute atomic E-state index is 0.0983. The number of nitrogens with zero attached hydrogens (tertiary/aromatic N) is 5. The number of halogens is 2. The molecule has 0 aliphatic carbocycles. The molecule has 13 heteroatoms. The average Bonchev–Trinajstić information content (AvgIpc) is 3.56. The fraction of sp³-hybridized carbons (Fsp3) is 0.207. The number of hydrogen-bond acceptors (Lipinski definition) is 8. The molecule has 0 unspecified atom stereocenters. The third kappa shape index (κ3) is 5.42. The molecule has 10 nitrogen and oxygen atoms in total. The van der Waals surface area contributed by atoms with Crippen LogP contribution in [0.4, 0.5) is 14.5 Å². The zero-order valence-electron chi connectivity index (χ0n) is 22.9. The van der Waals surface area contributed by atoms with Crippen molar-refractivity contribution >= 4 is 37.7 Å². The van der Waals surface area contributed by atoms with Gasteiger partial charge in [-0.2, -0.15) is 5.10 Å². The molecule has 0 aliphatic heterocycles. The van der Waals surface area contributed by atoms with Crippen LogP contribution in [-0.2, 0) is 16.3 Å². The maximum absolute atomic E-state index is 16.1. The summed E-state index contributed by atoms with van der Waals surface area (Å²) in [5, 5.41) is 10.4. The summed E-state index contributed by atoms with van der Waals surface area (Å²) in [4.78, 5) is 20.7. The predicted molar refractivity (Wildman–Crippen MR) is 158 cm³/mol. The first kappa shape index (κ1) is 27.4. The van der Waals surface area contributed by atoms with E-state index in [1.165, 1.54) is 18.3 Å². The molecule has 0 saturated heterocycles. The van der Waals surface area contributed by atoms with Crippen molar-refractivity contribution in [1.82, 2.24) is 35.1 Å². The van der Waals surface area contributed by atoms with Crippen molar-refractivity contribution in [3.05, 3.63) is 72.3 Å². The van der Waals surface area contributed by atoms with Gasteiger partial charge in [-0.1, -0.05) is 6.07 Å². The van der Waals surface area contributed by atoms with Gasteiger partial charge in [-0.25, -0.2) is 32.2 Å². The lowest BCUT2D eigenvalue weighted by atomic mass is 10.0. The minimum atomic E-state index is -3.22. The number of fused-ring (bicyclic) bond motifs is 2. The van der Waals surface area contributed by atoms with E-state index in [9.17, 15) is 12.8 Å². The molecule has 3 N–H and O–H groups in total. The number of anilines is 1. The highest BCUT2D eigenvalue weighted by atomic mass is 32.2. The standard InChI is InChI=1S/C29H26F2N8O2S/c1-15(2)35-20-11-18(12-32-13-20)22-14-34-27-23(24(22)31)26(38-39-27)29-36-25-21(4-6-33-28(25)37-29)17-8-16(9-19(30)10-17)5-7-42(3,40)41/h4,6,8-15,35H,5,7H2,1-3H3,(H,33,36,37)(H,34,38,39). The molecule has 1 aromatic carbocycles. The normalized spacial score (nSPS) is 12.0. The predicted octanol–water partition coefficient (Wildman–Crippen LogP) is 5.31. The van der Waals surface area contributed by atoms with Gasteiger partial charge in [0.15, 0.2) is 17.1 Å². The number of aromatic nitrogens is 7. The molecule has 6 rings (SSSR count). The Labute approximate surface area is 239 Å². The Hall–Kier alpha value is -4.78. The highest BCUT2D eigenvalue weighted by molar-refractivity contribution is 7.90. The van der Waals surface area contributed by atoms with Crippen molar-refractivity contribution in [3.8, 4) is 33.8 Å². The number of rotatable bonds is 8. The van der Waals surface area contributed by atoms with Crippen LogP contribution in [0.1, 0.15) is 19.4 Å². The average molecular weight is 589 g/mol. The molecule has 0 saturated carbocycles. The van der Waals surface area contributed by atoms with Crippen LogP contribution >= 0.6 is 0 Å². The van der Waals surface area contributed by atoms with Gasteiger partial charge in [0.2, 0.25) is 0 Å². The number of benzene rings is 1. The van der Waals surface area contributed by atoms with E-state index in [0.717, 1.165) is 11.9 Å². The van der Waals surface area contributed by atoms with E-state index in [2.05, 4.69) is 40.4 Å². The number of aromatic amines is 2. The van der Waals surface area contributed by atoms with Crippen molar-refractivity contribution in [2.75, 3.05) is 17.3 Å². The Morgan fingerprint density at radius 2 is 1.81 bits per heavy atom.